The van der Waals surface area contributed by atoms with Crippen molar-refractivity contribution in [2.45, 2.75) is 40.0 Å². The molecule has 2 saturated carbocycles. The van der Waals surface area contributed by atoms with E-state index in [9.17, 15) is 4.79 Å². The van der Waals surface area contributed by atoms with Crippen molar-refractivity contribution in [3.05, 3.63) is 0 Å². The first kappa shape index (κ1) is 4.64. The molecule has 2 aliphatic rings. The zero-order chi connectivity index (χ0) is 10.8. The average Bonchev–Trinajstić information content (AvgIpc) is 2.50. The van der Waals surface area contributed by atoms with Gasteiger partial charge in [-0.25, -0.2) is 0 Å². The van der Waals surface area contributed by atoms with E-state index >= 15 is 0 Å². The van der Waals surface area contributed by atoms with Crippen LogP contribution in [-0.4, -0.2) is 5.78 Å². The third-order valence-electron chi connectivity index (χ3n) is 3.58. The molecule has 0 N–H and O–H groups in total. The van der Waals surface area contributed by atoms with E-state index < -0.39 is 12.3 Å². The smallest absolute Gasteiger partial charge is 0.144 e. The molecule has 0 saturated heterocycles. The van der Waals surface area contributed by atoms with Gasteiger partial charge >= 0.3 is 0 Å². The van der Waals surface area contributed by atoms with E-state index in [1.54, 1.807) is 6.92 Å². The summed E-state index contributed by atoms with van der Waals surface area (Å²) >= 11 is 0. The van der Waals surface area contributed by atoms with Crippen molar-refractivity contribution in [2.24, 2.45) is 16.7 Å². The fourth-order valence-corrected chi connectivity index (χ4v) is 2.75. The van der Waals surface area contributed by atoms with E-state index in [0.29, 0.717) is 0 Å². The van der Waals surface area contributed by atoms with Crippen molar-refractivity contribution >= 4 is 5.78 Å². The molecule has 0 aliphatic heterocycles. The van der Waals surface area contributed by atoms with E-state index in [2.05, 4.69) is 0 Å². The fraction of sp³-hybridized carbons (Fsp3) is 0.900. The molecule has 0 heterocycles. The number of fused-ring (bicyclic) bond motifs is 2. The molecule has 2 bridgehead atoms. The van der Waals surface area contributed by atoms with Gasteiger partial charge < -0.3 is 0 Å². The maximum atomic E-state index is 12.1. The van der Waals surface area contributed by atoms with Gasteiger partial charge in [-0.2, -0.15) is 0 Å². The maximum absolute atomic E-state index is 12.1. The van der Waals surface area contributed by atoms with E-state index in [-0.39, 0.29) is 17.1 Å². The van der Waals surface area contributed by atoms with Crippen LogP contribution in [0.5, 0.6) is 0 Å². The molecule has 0 aromatic carbocycles. The maximum Gasteiger partial charge on any atom is 0.144 e. The number of rotatable bonds is 0. The second kappa shape index (κ2) is 1.70. The third kappa shape index (κ3) is 0.692. The normalized spacial score (nSPS) is 60.7. The number of carbonyl (C=O) groups excluding carboxylic acids is 1. The van der Waals surface area contributed by atoms with Gasteiger partial charge in [0.25, 0.3) is 0 Å². The topological polar surface area (TPSA) is 17.1 Å². The Labute approximate surface area is 72.4 Å². The second-order valence-corrected chi connectivity index (χ2v) is 4.53. The Morgan fingerprint density at radius 1 is 1.64 bits per heavy atom. The first-order chi connectivity index (χ1) is 6.22. The van der Waals surface area contributed by atoms with Gasteiger partial charge in [0.1, 0.15) is 5.78 Å². The van der Waals surface area contributed by atoms with Gasteiger partial charge in [-0.05, 0) is 25.2 Å². The summed E-state index contributed by atoms with van der Waals surface area (Å²) in [5.41, 5.74) is -1.41. The monoisotopic (exact) mass is 155 g/mol. The molecule has 0 aromatic rings. The molecule has 3 unspecified atom stereocenters. The molecule has 2 aliphatic carbocycles. The van der Waals surface area contributed by atoms with Crippen molar-refractivity contribution < 1.29 is 8.91 Å². The lowest BCUT2D eigenvalue weighted by atomic mass is 9.72. The van der Waals surface area contributed by atoms with Gasteiger partial charge in [-0.15, -0.1) is 0 Å². The van der Waals surface area contributed by atoms with Gasteiger partial charge in [0.15, 0.2) is 0 Å². The molecule has 62 valence electrons. The van der Waals surface area contributed by atoms with E-state index in [1.807, 2.05) is 6.92 Å². The lowest BCUT2D eigenvalue weighted by Gasteiger charge is -2.31. The van der Waals surface area contributed by atoms with Gasteiger partial charge in [-0.1, -0.05) is 20.7 Å². The van der Waals surface area contributed by atoms with Crippen LogP contribution in [0.1, 0.15) is 44.1 Å². The molecule has 2 rings (SSSR count). The Bertz CT molecular complexity index is 296. The van der Waals surface area contributed by atoms with Crippen molar-refractivity contribution in [1.29, 1.82) is 0 Å². The van der Waals surface area contributed by atoms with Gasteiger partial charge in [0, 0.05) is 14.9 Å². The molecule has 0 spiro atoms. The molecule has 0 amide bonds. The van der Waals surface area contributed by atoms with Gasteiger partial charge in [0.2, 0.25) is 0 Å². The van der Waals surface area contributed by atoms with Crippen molar-refractivity contribution in [3.63, 3.8) is 0 Å². The van der Waals surface area contributed by atoms with E-state index in [4.69, 9.17) is 4.11 Å². The summed E-state index contributed by atoms with van der Waals surface area (Å²) < 4.78 is 22.5. The lowest BCUT2D eigenvalue weighted by molar-refractivity contribution is -0.134. The van der Waals surface area contributed by atoms with Crippen LogP contribution in [0.3, 0.4) is 0 Å². The van der Waals surface area contributed by atoms with Crippen LogP contribution in [0, 0.1) is 16.7 Å². The molecule has 0 aromatic heterocycles. The highest BCUT2D eigenvalue weighted by molar-refractivity contribution is 5.92. The Balaban J connectivity index is 2.45. The van der Waals surface area contributed by atoms with Crippen LogP contribution in [0.25, 0.3) is 0 Å². The van der Waals surface area contributed by atoms with Crippen LogP contribution in [0.15, 0.2) is 0 Å². The largest absolute Gasteiger partial charge is 0.298 e. The molecule has 3 atom stereocenters. The minimum Gasteiger partial charge on any atom is -0.298 e. The van der Waals surface area contributed by atoms with Crippen molar-refractivity contribution in [2.75, 3.05) is 0 Å². The number of carbonyl (C=O) groups is 1. The predicted octanol–water partition coefficient (Wildman–Crippen LogP) is 2.40. The van der Waals surface area contributed by atoms with Crippen LogP contribution in [-0.2, 0) is 4.79 Å². The molecule has 2 fully saturated rings. The quantitative estimate of drug-likeness (QED) is 0.525. The summed E-state index contributed by atoms with van der Waals surface area (Å²) in [5, 5.41) is 0. The van der Waals surface area contributed by atoms with Gasteiger partial charge in [-0.3, -0.25) is 4.79 Å². The lowest BCUT2D eigenvalue weighted by Crippen LogP contribution is -2.35. The minimum absolute atomic E-state index is 0.0266. The zero-order valence-corrected chi connectivity index (χ0v) is 7.11. The second-order valence-electron chi connectivity index (χ2n) is 4.53. The summed E-state index contributed by atoms with van der Waals surface area (Å²) in [6, 6.07) is 0. The molecule has 1 heteroatoms. The molecule has 0 radical (unpaired) electrons. The summed E-state index contributed by atoms with van der Waals surface area (Å²) in [5.74, 6) is 0.0498. The third-order valence-corrected chi connectivity index (χ3v) is 3.58. The molecule has 11 heavy (non-hydrogen) atoms. The predicted molar refractivity (Wildman–Crippen MR) is 44.2 cm³/mol. The van der Waals surface area contributed by atoms with Crippen molar-refractivity contribution in [1.82, 2.24) is 0 Å². The number of hydrogen-bond acceptors (Lipinski definition) is 1. The number of ketones is 1. The summed E-state index contributed by atoms with van der Waals surface area (Å²) in [7, 11) is 0. The average molecular weight is 155 g/mol. The van der Waals surface area contributed by atoms with E-state index in [1.165, 1.54) is 0 Å². The number of hydrogen-bond donors (Lipinski definition) is 0. The number of Topliss-reactive ketones (excluding diaryl/α,β-unsaturated/α-hetero) is 1. The van der Waals surface area contributed by atoms with Crippen LogP contribution in [0.2, 0.25) is 0 Å². The summed E-state index contributed by atoms with van der Waals surface area (Å²) in [4.78, 5) is 12.1. The van der Waals surface area contributed by atoms with Crippen molar-refractivity contribution in [3.8, 4) is 0 Å². The summed E-state index contributed by atoms with van der Waals surface area (Å²) in [6.07, 6.45) is 2.56. The first-order valence-corrected chi connectivity index (χ1v) is 4.27. The SMILES string of the molecule is [2H]C([2H])([2H])C1(C)C(=O)C2(C)CCC1C2. The summed E-state index contributed by atoms with van der Waals surface area (Å²) in [6.45, 7) is 1.43. The molecular weight excluding hydrogens is 136 g/mol. The zero-order valence-electron chi connectivity index (χ0n) is 10.1. The Kier molecular flexibility index (Phi) is 0.717. The fourth-order valence-electron chi connectivity index (χ4n) is 2.75. The molecule has 1 nitrogen and oxygen atoms in total. The minimum atomic E-state index is -2.13. The van der Waals surface area contributed by atoms with Crippen LogP contribution in [0.4, 0.5) is 0 Å². The first-order valence-electron chi connectivity index (χ1n) is 5.77. The van der Waals surface area contributed by atoms with Crippen LogP contribution >= 0.6 is 0 Å². The molecular formula is C10H16O. The highest BCUT2D eigenvalue weighted by Gasteiger charge is 2.58. The highest BCUT2D eigenvalue weighted by atomic mass is 16.1. The van der Waals surface area contributed by atoms with Crippen LogP contribution < -0.4 is 0 Å². The highest BCUT2D eigenvalue weighted by Crippen LogP contribution is 2.59. The Hall–Kier alpha value is -0.330. The standard InChI is InChI=1S/C10H16O/c1-9(2)7-4-5-10(3,6-7)8(9)11/h7H,4-6H2,1-3H3/i1D3. The van der Waals surface area contributed by atoms with Gasteiger partial charge in [0.05, 0.1) is 0 Å². The Morgan fingerprint density at radius 2 is 2.36 bits per heavy atom. The Morgan fingerprint density at radius 3 is 2.73 bits per heavy atom. The van der Waals surface area contributed by atoms with E-state index in [0.717, 1.165) is 19.3 Å².